The molecule has 5 heteroatoms. The van der Waals surface area contributed by atoms with Gasteiger partial charge in [0.1, 0.15) is 5.84 Å². The van der Waals surface area contributed by atoms with Crippen molar-refractivity contribution in [3.05, 3.63) is 83.0 Å². The number of aliphatic imine (C=N–C) groups is 2. The standard InChI is InChI=1S/C26H35N5.C10H20/c1-6-7-21-15-24(23(27-5)14-20(4)19(2)3)29-25-9-8-22(16-31(21)25)30-13-11-26(18-30)10-12-28-17-26;1-5-7-8-10(4)9(3)6-2/h7-9,14-16,28H,2,6,10-13,17-18H2,1,3-5H3;8-9H,5-7H2,1-4H3/b20-14+,21-7-,27-23?;10-8-. The third kappa shape index (κ3) is 8.54. The van der Waals surface area contributed by atoms with E-state index in [1.54, 1.807) is 5.57 Å². The van der Waals surface area contributed by atoms with Crippen molar-refractivity contribution in [2.24, 2.45) is 21.3 Å². The molecule has 2 unspecified atom stereocenters. The number of likely N-dealkylation sites (tertiary alicyclic amines) is 1. The van der Waals surface area contributed by atoms with Crippen molar-refractivity contribution in [2.45, 2.75) is 87.0 Å². The molecule has 4 heterocycles. The molecule has 0 aromatic rings. The highest BCUT2D eigenvalue weighted by Crippen LogP contribution is 2.38. The second-order valence-corrected chi connectivity index (χ2v) is 12.2. The van der Waals surface area contributed by atoms with Crippen molar-refractivity contribution in [3.63, 3.8) is 0 Å². The lowest BCUT2D eigenvalue weighted by Crippen LogP contribution is -2.33. The Morgan fingerprint density at radius 1 is 1.20 bits per heavy atom. The summed E-state index contributed by atoms with van der Waals surface area (Å²) in [4.78, 5) is 14.2. The van der Waals surface area contributed by atoms with Gasteiger partial charge in [-0.2, -0.15) is 0 Å². The molecule has 0 aliphatic carbocycles. The Labute approximate surface area is 251 Å². The van der Waals surface area contributed by atoms with Crippen LogP contribution in [0.4, 0.5) is 0 Å². The molecule has 1 N–H and O–H groups in total. The van der Waals surface area contributed by atoms with E-state index in [1.807, 2.05) is 14.0 Å². The fourth-order valence-corrected chi connectivity index (χ4v) is 5.61. The summed E-state index contributed by atoms with van der Waals surface area (Å²) in [6.07, 6.45) is 22.8. The first-order chi connectivity index (χ1) is 19.7. The minimum Gasteiger partial charge on any atom is -0.370 e. The van der Waals surface area contributed by atoms with Crippen LogP contribution in [-0.4, -0.2) is 54.6 Å². The second-order valence-electron chi connectivity index (χ2n) is 12.2. The van der Waals surface area contributed by atoms with Crippen LogP contribution in [0.3, 0.4) is 0 Å². The summed E-state index contributed by atoms with van der Waals surface area (Å²) in [5.41, 5.74) is 8.40. The van der Waals surface area contributed by atoms with Gasteiger partial charge in [0.25, 0.3) is 0 Å². The zero-order valence-electron chi connectivity index (χ0n) is 27.2. The van der Waals surface area contributed by atoms with E-state index in [1.165, 1.54) is 37.8 Å². The van der Waals surface area contributed by atoms with Crippen LogP contribution in [0.5, 0.6) is 0 Å². The molecule has 2 saturated heterocycles. The van der Waals surface area contributed by atoms with E-state index in [0.717, 1.165) is 72.6 Å². The van der Waals surface area contributed by atoms with Gasteiger partial charge in [0.15, 0.2) is 0 Å². The van der Waals surface area contributed by atoms with E-state index in [2.05, 4.69) is 111 Å². The number of hydrogen-bond donors (Lipinski definition) is 1. The molecule has 4 aliphatic heterocycles. The highest BCUT2D eigenvalue weighted by Gasteiger charge is 2.41. The zero-order chi connectivity index (χ0) is 30.0. The number of nitrogens with one attached hydrogen (secondary N) is 1. The van der Waals surface area contributed by atoms with Crippen LogP contribution in [0.1, 0.15) is 87.0 Å². The fraction of sp³-hybridized carbons (Fsp3) is 0.556. The number of unbranched alkanes of at least 4 members (excludes halogenated alkanes) is 1. The quantitative estimate of drug-likeness (QED) is 0.176. The lowest BCUT2D eigenvalue weighted by molar-refractivity contribution is 0.315. The highest BCUT2D eigenvalue weighted by atomic mass is 15.2. The zero-order valence-corrected chi connectivity index (χ0v) is 27.2. The van der Waals surface area contributed by atoms with Gasteiger partial charge in [-0.05, 0) is 95.2 Å². The van der Waals surface area contributed by atoms with Crippen molar-refractivity contribution >= 4 is 11.5 Å². The maximum atomic E-state index is 4.95. The van der Waals surface area contributed by atoms with Crippen molar-refractivity contribution in [1.29, 1.82) is 0 Å². The van der Waals surface area contributed by atoms with Gasteiger partial charge >= 0.3 is 0 Å². The number of hydrogen-bond acceptors (Lipinski definition) is 5. The molecule has 5 nitrogen and oxygen atoms in total. The maximum Gasteiger partial charge on any atom is 0.137 e. The number of amidine groups is 1. The predicted octanol–water partition coefficient (Wildman–Crippen LogP) is 8.35. The van der Waals surface area contributed by atoms with Crippen molar-refractivity contribution < 1.29 is 0 Å². The van der Waals surface area contributed by atoms with Crippen molar-refractivity contribution in [2.75, 3.05) is 33.2 Å². The summed E-state index contributed by atoms with van der Waals surface area (Å²) >= 11 is 0. The Kier molecular flexibility index (Phi) is 12.2. The van der Waals surface area contributed by atoms with Gasteiger partial charge in [0.2, 0.25) is 0 Å². The third-order valence-electron chi connectivity index (χ3n) is 8.93. The Hall–Kier alpha value is -2.92. The number of nitrogens with zero attached hydrogens (tertiary/aromatic N) is 4. The van der Waals surface area contributed by atoms with Gasteiger partial charge in [-0.1, -0.05) is 64.0 Å². The average molecular weight is 558 g/mol. The van der Waals surface area contributed by atoms with Crippen LogP contribution >= 0.6 is 0 Å². The maximum absolute atomic E-state index is 4.95. The van der Waals surface area contributed by atoms with Gasteiger partial charge in [0.05, 0.1) is 17.1 Å². The van der Waals surface area contributed by atoms with Gasteiger partial charge in [-0.15, -0.1) is 0 Å². The van der Waals surface area contributed by atoms with E-state index in [4.69, 9.17) is 4.99 Å². The molecule has 41 heavy (non-hydrogen) atoms. The van der Waals surface area contributed by atoms with Crippen LogP contribution in [0.15, 0.2) is 93.0 Å². The van der Waals surface area contributed by atoms with E-state index in [0.29, 0.717) is 5.41 Å². The third-order valence-corrected chi connectivity index (χ3v) is 8.93. The Morgan fingerprint density at radius 3 is 2.59 bits per heavy atom. The van der Waals surface area contributed by atoms with Gasteiger partial charge in [-0.25, -0.2) is 4.99 Å². The predicted molar refractivity (Wildman–Crippen MR) is 179 cm³/mol. The molecule has 2 fully saturated rings. The summed E-state index contributed by atoms with van der Waals surface area (Å²) in [5.74, 6) is 1.73. The second kappa shape index (κ2) is 15.3. The monoisotopic (exact) mass is 557 g/mol. The fourth-order valence-electron chi connectivity index (χ4n) is 5.61. The van der Waals surface area contributed by atoms with E-state index >= 15 is 0 Å². The molecule has 2 atom stereocenters. The van der Waals surface area contributed by atoms with Crippen LogP contribution in [-0.2, 0) is 0 Å². The molecule has 0 aromatic carbocycles. The van der Waals surface area contributed by atoms with E-state index in [-0.39, 0.29) is 0 Å². The molecule has 4 aliphatic rings. The minimum atomic E-state index is 0.458. The molecule has 224 valence electrons. The summed E-state index contributed by atoms with van der Waals surface area (Å²) in [6.45, 7) is 23.9. The first kappa shape index (κ1) is 32.6. The summed E-state index contributed by atoms with van der Waals surface area (Å²) in [5, 5.41) is 3.56. The van der Waals surface area contributed by atoms with Crippen LogP contribution in [0.25, 0.3) is 0 Å². The van der Waals surface area contributed by atoms with Crippen LogP contribution in [0, 0.1) is 11.3 Å². The minimum absolute atomic E-state index is 0.458. The lowest BCUT2D eigenvalue weighted by Gasteiger charge is -2.32. The van der Waals surface area contributed by atoms with E-state index in [9.17, 15) is 0 Å². The average Bonchev–Trinajstić information content (AvgIpc) is 3.63. The molecular formula is C36H55N5. The Bertz CT molecular complexity index is 1180. The Morgan fingerprint density at radius 2 is 1.98 bits per heavy atom. The Balaban J connectivity index is 0.000000397. The summed E-state index contributed by atoms with van der Waals surface area (Å²) in [7, 11) is 1.82. The summed E-state index contributed by atoms with van der Waals surface area (Å²) in [6, 6.07) is 0. The van der Waals surface area contributed by atoms with E-state index < -0.39 is 0 Å². The first-order valence-corrected chi connectivity index (χ1v) is 15.8. The molecule has 0 bridgehead atoms. The van der Waals surface area contributed by atoms with Gasteiger partial charge in [-0.3, -0.25) is 4.99 Å². The summed E-state index contributed by atoms with van der Waals surface area (Å²) < 4.78 is 0. The molecule has 4 rings (SSSR count). The highest BCUT2D eigenvalue weighted by molar-refractivity contribution is 6.12. The van der Waals surface area contributed by atoms with Gasteiger partial charge < -0.3 is 15.1 Å². The van der Waals surface area contributed by atoms with Crippen molar-refractivity contribution in [3.8, 4) is 0 Å². The number of fused-ring (bicyclic) bond motifs is 1. The largest absolute Gasteiger partial charge is 0.370 e. The molecular weight excluding hydrogens is 502 g/mol. The topological polar surface area (TPSA) is 43.2 Å². The molecule has 0 radical (unpaired) electrons. The van der Waals surface area contributed by atoms with Crippen molar-refractivity contribution in [1.82, 2.24) is 15.1 Å². The molecule has 0 saturated carbocycles. The normalized spacial score (nSPS) is 24.6. The van der Waals surface area contributed by atoms with Gasteiger partial charge in [0, 0.05) is 44.0 Å². The SMILES string of the molecule is C=C(C)/C(C)=C/C(=NC)C1=C/C(=C/CC)N2C=C(N3CCC4(CCNC4)C3)C=CC2=N1.CCC/C=C(/C)C(C)CC. The van der Waals surface area contributed by atoms with Crippen LogP contribution in [0.2, 0.25) is 0 Å². The molecule has 0 aromatic heterocycles. The smallest absolute Gasteiger partial charge is 0.137 e. The molecule has 1 spiro atoms. The number of allylic oxidation sites excluding steroid dienone is 8. The molecule has 0 amide bonds. The number of rotatable bonds is 9. The van der Waals surface area contributed by atoms with Crippen LogP contribution < -0.4 is 5.32 Å². The lowest BCUT2D eigenvalue weighted by atomic mass is 9.86. The first-order valence-electron chi connectivity index (χ1n) is 15.8.